The normalized spacial score (nSPS) is 11.4. The predicted molar refractivity (Wildman–Crippen MR) is 70.5 cm³/mol. The molecule has 0 aliphatic carbocycles. The van der Waals surface area contributed by atoms with Gasteiger partial charge in [0, 0.05) is 12.7 Å². The van der Waals surface area contributed by atoms with Crippen LogP contribution in [-0.4, -0.2) is 24.4 Å². The number of rotatable bonds is 2. The van der Waals surface area contributed by atoms with Gasteiger partial charge in [-0.2, -0.15) is 14.7 Å². The van der Waals surface area contributed by atoms with Crippen molar-refractivity contribution in [3.63, 3.8) is 0 Å². The highest BCUT2D eigenvalue weighted by atomic mass is 127. The topological polar surface area (TPSA) is 48.0 Å². The molecule has 7 heteroatoms. The molecule has 0 saturated carbocycles. The second-order valence-electron chi connectivity index (χ2n) is 3.27. The lowest BCUT2D eigenvalue weighted by Crippen LogP contribution is -1.92. The molecule has 0 bridgehead atoms. The van der Waals surface area contributed by atoms with Gasteiger partial charge in [0.1, 0.15) is 3.70 Å². The van der Waals surface area contributed by atoms with Gasteiger partial charge in [-0.25, -0.2) is 4.98 Å². The van der Waals surface area contributed by atoms with Crippen molar-refractivity contribution in [2.75, 3.05) is 0 Å². The van der Waals surface area contributed by atoms with Crippen molar-refractivity contribution in [1.82, 2.24) is 24.4 Å². The molecule has 82 valence electrons. The van der Waals surface area contributed by atoms with E-state index >= 15 is 0 Å². The Labute approximate surface area is 109 Å². The van der Waals surface area contributed by atoms with Crippen LogP contribution >= 0.6 is 33.9 Å². The molecule has 0 aliphatic heterocycles. The Morgan fingerprint density at radius 2 is 2.31 bits per heavy atom. The van der Waals surface area contributed by atoms with Crippen molar-refractivity contribution in [3.8, 4) is 10.6 Å². The molecule has 0 aliphatic rings. The Morgan fingerprint density at radius 3 is 3.00 bits per heavy atom. The number of hydrogen-bond donors (Lipinski definition) is 0. The van der Waals surface area contributed by atoms with Crippen molar-refractivity contribution in [1.29, 1.82) is 0 Å². The Hall–Kier alpha value is -0.960. The molecular formula is C9H8IN5S. The molecule has 3 rings (SSSR count). The van der Waals surface area contributed by atoms with Crippen LogP contribution in [0.2, 0.25) is 0 Å². The zero-order valence-corrected chi connectivity index (χ0v) is 11.4. The molecule has 3 heterocycles. The Balaban J connectivity index is 2.11. The maximum Gasteiger partial charge on any atom is 0.213 e. The molecule has 0 radical (unpaired) electrons. The minimum Gasteiger partial charge on any atom is -0.272 e. The van der Waals surface area contributed by atoms with Gasteiger partial charge in [0.05, 0.1) is 18.0 Å². The van der Waals surface area contributed by atoms with Gasteiger partial charge in [0.25, 0.3) is 0 Å². The van der Waals surface area contributed by atoms with Crippen LogP contribution in [-0.2, 0) is 6.54 Å². The van der Waals surface area contributed by atoms with Crippen LogP contribution in [0.25, 0.3) is 15.5 Å². The number of fused-ring (bicyclic) bond motifs is 1. The summed E-state index contributed by atoms with van der Waals surface area (Å²) in [5.41, 5.74) is 1.05. The number of nitrogens with zero attached hydrogens (tertiary/aromatic N) is 5. The van der Waals surface area contributed by atoms with Crippen molar-refractivity contribution in [2.45, 2.75) is 13.5 Å². The maximum atomic E-state index is 4.50. The van der Waals surface area contributed by atoms with Crippen molar-refractivity contribution in [2.24, 2.45) is 0 Å². The van der Waals surface area contributed by atoms with Crippen LogP contribution in [0.5, 0.6) is 0 Å². The molecule has 3 aromatic rings. The quantitative estimate of drug-likeness (QED) is 0.670. The van der Waals surface area contributed by atoms with Gasteiger partial charge >= 0.3 is 0 Å². The van der Waals surface area contributed by atoms with Gasteiger partial charge in [-0.3, -0.25) is 4.68 Å². The van der Waals surface area contributed by atoms with Crippen LogP contribution in [0.15, 0.2) is 18.6 Å². The second kappa shape index (κ2) is 3.81. The fourth-order valence-electron chi connectivity index (χ4n) is 1.43. The third kappa shape index (κ3) is 1.54. The molecule has 16 heavy (non-hydrogen) atoms. The molecule has 0 amide bonds. The molecule has 3 aromatic heterocycles. The molecule has 0 saturated heterocycles. The van der Waals surface area contributed by atoms with Crippen LogP contribution in [0.1, 0.15) is 6.92 Å². The summed E-state index contributed by atoms with van der Waals surface area (Å²) in [4.78, 5) is 5.20. The summed E-state index contributed by atoms with van der Waals surface area (Å²) in [5.74, 6) is 0. The molecule has 0 fully saturated rings. The largest absolute Gasteiger partial charge is 0.272 e. The van der Waals surface area contributed by atoms with E-state index in [4.69, 9.17) is 0 Å². The summed E-state index contributed by atoms with van der Waals surface area (Å²) in [5, 5.41) is 9.70. The van der Waals surface area contributed by atoms with Crippen molar-refractivity contribution in [3.05, 3.63) is 22.3 Å². The Bertz CT molecular complexity index is 637. The number of aromatic nitrogens is 5. The third-order valence-electron chi connectivity index (χ3n) is 2.25. The number of imidazole rings is 1. The first-order chi connectivity index (χ1) is 7.78. The van der Waals surface area contributed by atoms with E-state index in [1.54, 1.807) is 11.3 Å². The molecule has 0 unspecified atom stereocenters. The average molecular weight is 345 g/mol. The smallest absolute Gasteiger partial charge is 0.213 e. The van der Waals surface area contributed by atoms with E-state index in [0.29, 0.717) is 0 Å². The summed E-state index contributed by atoms with van der Waals surface area (Å²) in [6.07, 6.45) is 5.67. The summed E-state index contributed by atoms with van der Waals surface area (Å²) < 4.78 is 4.77. The first-order valence-corrected chi connectivity index (χ1v) is 6.70. The molecule has 0 N–H and O–H groups in total. The minimum absolute atomic E-state index is 0.875. The fraction of sp³-hybridized carbons (Fsp3) is 0.222. The first-order valence-electron chi connectivity index (χ1n) is 4.81. The van der Waals surface area contributed by atoms with Gasteiger partial charge in [-0.1, -0.05) is 11.3 Å². The zero-order valence-electron chi connectivity index (χ0n) is 8.46. The average Bonchev–Trinajstić information content (AvgIpc) is 2.95. The highest BCUT2D eigenvalue weighted by molar-refractivity contribution is 14.1. The van der Waals surface area contributed by atoms with E-state index < -0.39 is 0 Å². The van der Waals surface area contributed by atoms with E-state index in [9.17, 15) is 0 Å². The summed E-state index contributed by atoms with van der Waals surface area (Å²) >= 11 is 3.80. The van der Waals surface area contributed by atoms with Gasteiger partial charge in [0.15, 0.2) is 5.01 Å². The molecule has 0 atom stereocenters. The first kappa shape index (κ1) is 10.2. The number of aryl methyl sites for hydroxylation is 1. The van der Waals surface area contributed by atoms with Gasteiger partial charge in [-0.15, -0.1) is 0 Å². The van der Waals surface area contributed by atoms with Crippen LogP contribution in [0.3, 0.4) is 0 Å². The number of hydrogen-bond acceptors (Lipinski definition) is 4. The van der Waals surface area contributed by atoms with Crippen LogP contribution in [0, 0.1) is 3.70 Å². The molecular weight excluding hydrogens is 337 g/mol. The molecule has 0 spiro atoms. The van der Waals surface area contributed by atoms with E-state index in [1.807, 2.05) is 27.8 Å². The van der Waals surface area contributed by atoms with E-state index in [-0.39, 0.29) is 0 Å². The summed E-state index contributed by atoms with van der Waals surface area (Å²) in [6, 6.07) is 0. The van der Waals surface area contributed by atoms with E-state index in [2.05, 4.69) is 44.7 Å². The second-order valence-corrected chi connectivity index (χ2v) is 5.33. The number of halogens is 1. The monoisotopic (exact) mass is 345 g/mol. The molecule has 5 nitrogen and oxygen atoms in total. The highest BCUT2D eigenvalue weighted by Gasteiger charge is 2.11. The van der Waals surface area contributed by atoms with Crippen molar-refractivity contribution >= 4 is 38.9 Å². The van der Waals surface area contributed by atoms with Crippen LogP contribution in [0.4, 0.5) is 0 Å². The van der Waals surface area contributed by atoms with E-state index in [0.717, 1.165) is 25.8 Å². The lowest BCUT2D eigenvalue weighted by atomic mass is 10.4. The lowest BCUT2D eigenvalue weighted by Gasteiger charge is -1.90. The van der Waals surface area contributed by atoms with E-state index in [1.165, 1.54) is 0 Å². The minimum atomic E-state index is 0.875. The Morgan fingerprint density at radius 1 is 1.44 bits per heavy atom. The van der Waals surface area contributed by atoms with Crippen molar-refractivity contribution < 1.29 is 0 Å². The maximum absolute atomic E-state index is 4.50. The van der Waals surface area contributed by atoms with Gasteiger partial charge < -0.3 is 0 Å². The van der Waals surface area contributed by atoms with Crippen LogP contribution < -0.4 is 0 Å². The summed E-state index contributed by atoms with van der Waals surface area (Å²) in [6.45, 7) is 2.94. The lowest BCUT2D eigenvalue weighted by molar-refractivity contribution is 0.660. The van der Waals surface area contributed by atoms with Gasteiger partial charge in [0.2, 0.25) is 4.96 Å². The predicted octanol–water partition coefficient (Wildman–Crippen LogP) is 2.28. The van der Waals surface area contributed by atoms with Gasteiger partial charge in [-0.05, 0) is 29.5 Å². The fourth-order valence-corrected chi connectivity index (χ4v) is 2.92. The molecule has 0 aromatic carbocycles. The summed E-state index contributed by atoms with van der Waals surface area (Å²) in [7, 11) is 0. The highest BCUT2D eigenvalue weighted by Crippen LogP contribution is 2.25. The Kier molecular flexibility index (Phi) is 2.43. The standard InChI is InChI=1S/C9H8IN5S/c1-2-14-5-6(3-12-14)8-13-15-7(10)4-11-9(15)16-8/h3-5H,2H2,1H3. The zero-order chi connectivity index (χ0) is 11.1. The SMILES string of the molecule is CCn1cc(-c2nn3c(I)cnc3s2)cn1. The third-order valence-corrected chi connectivity index (χ3v) is 3.96.